The third-order valence-electron chi connectivity index (χ3n) is 3.26. The van der Waals surface area contributed by atoms with E-state index in [9.17, 15) is 8.42 Å². The molecule has 0 heterocycles. The molecule has 1 fully saturated rings. The number of sulfonamides is 1. The van der Waals surface area contributed by atoms with Crippen molar-refractivity contribution in [1.29, 1.82) is 0 Å². The quantitative estimate of drug-likeness (QED) is 0.754. The molecule has 1 aromatic carbocycles. The van der Waals surface area contributed by atoms with Gasteiger partial charge in [-0.25, -0.2) is 8.42 Å². The van der Waals surface area contributed by atoms with E-state index in [1.165, 1.54) is 4.31 Å². The predicted octanol–water partition coefficient (Wildman–Crippen LogP) is 2.64. The molecule has 0 saturated heterocycles. The van der Waals surface area contributed by atoms with Crippen molar-refractivity contribution in [2.24, 2.45) is 0 Å². The lowest BCUT2D eigenvalue weighted by Crippen LogP contribution is -2.28. The molecule has 1 saturated carbocycles. The van der Waals surface area contributed by atoms with Crippen LogP contribution >= 0.6 is 11.6 Å². The molecule has 0 N–H and O–H groups in total. The summed E-state index contributed by atoms with van der Waals surface area (Å²) in [7, 11) is -1.64. The lowest BCUT2D eigenvalue weighted by molar-refractivity contribution is 0.464. The number of alkyl halides is 1. The molecule has 5 heteroatoms. The Morgan fingerprint density at radius 2 is 1.89 bits per heavy atom. The Morgan fingerprint density at radius 3 is 2.39 bits per heavy atom. The van der Waals surface area contributed by atoms with E-state index in [0.29, 0.717) is 10.8 Å². The molecule has 0 amide bonds. The summed E-state index contributed by atoms with van der Waals surface area (Å²) in [6, 6.07) is 7.33. The third kappa shape index (κ3) is 3.05. The van der Waals surface area contributed by atoms with Crippen molar-refractivity contribution in [3.63, 3.8) is 0 Å². The zero-order chi connectivity index (χ0) is 13.2. The van der Waals surface area contributed by atoms with Crippen molar-refractivity contribution >= 4 is 21.6 Å². The van der Waals surface area contributed by atoms with Crippen LogP contribution in [-0.2, 0) is 16.4 Å². The van der Waals surface area contributed by atoms with Crippen LogP contribution in [0.3, 0.4) is 0 Å². The van der Waals surface area contributed by atoms with E-state index in [-0.39, 0.29) is 6.04 Å². The van der Waals surface area contributed by atoms with Gasteiger partial charge >= 0.3 is 0 Å². The van der Waals surface area contributed by atoms with Crippen LogP contribution in [0.5, 0.6) is 0 Å². The number of aryl methyl sites for hydroxylation is 1. The minimum absolute atomic E-state index is 0.200. The highest BCUT2D eigenvalue weighted by Gasteiger charge is 2.34. The van der Waals surface area contributed by atoms with Crippen LogP contribution < -0.4 is 0 Å². The zero-order valence-electron chi connectivity index (χ0n) is 10.5. The average Bonchev–Trinajstić information content (AvgIpc) is 3.20. The van der Waals surface area contributed by atoms with Crippen LogP contribution in [0.15, 0.2) is 29.2 Å². The molecule has 0 spiro atoms. The monoisotopic (exact) mass is 287 g/mol. The van der Waals surface area contributed by atoms with Crippen LogP contribution in [0.4, 0.5) is 0 Å². The first-order valence-corrected chi connectivity index (χ1v) is 8.16. The minimum Gasteiger partial charge on any atom is -0.207 e. The first-order chi connectivity index (χ1) is 8.55. The fraction of sp³-hybridized carbons (Fsp3) is 0.538. The van der Waals surface area contributed by atoms with E-state index >= 15 is 0 Å². The standard InChI is InChI=1S/C13H18ClNO2S/c1-15(12-6-7-12)18(16,17)13-8-4-11(5-9-13)3-2-10-14/h4-5,8-9,12H,2-3,6-7,10H2,1H3. The molecule has 1 aromatic rings. The lowest BCUT2D eigenvalue weighted by atomic mass is 10.1. The summed E-state index contributed by atoms with van der Waals surface area (Å²) < 4.78 is 26.0. The van der Waals surface area contributed by atoms with Crippen molar-refractivity contribution < 1.29 is 8.42 Å². The van der Waals surface area contributed by atoms with Gasteiger partial charge in [-0.2, -0.15) is 4.31 Å². The summed E-state index contributed by atoms with van der Waals surface area (Å²) in [5, 5.41) is 0. The summed E-state index contributed by atoms with van der Waals surface area (Å²) in [6.45, 7) is 0. The SMILES string of the molecule is CN(C1CC1)S(=O)(=O)c1ccc(CCCCl)cc1. The molecule has 1 aliphatic rings. The maximum atomic E-state index is 12.2. The van der Waals surface area contributed by atoms with Crippen molar-refractivity contribution in [1.82, 2.24) is 4.31 Å². The minimum atomic E-state index is -3.31. The number of halogens is 1. The summed E-state index contributed by atoms with van der Waals surface area (Å²) in [5.74, 6) is 0.629. The van der Waals surface area contributed by atoms with Crippen molar-refractivity contribution in [2.45, 2.75) is 36.6 Å². The van der Waals surface area contributed by atoms with E-state index in [1.54, 1.807) is 19.2 Å². The van der Waals surface area contributed by atoms with Gasteiger partial charge in [0.1, 0.15) is 0 Å². The summed E-state index contributed by atoms with van der Waals surface area (Å²) in [5.41, 5.74) is 1.13. The van der Waals surface area contributed by atoms with Crippen LogP contribution in [-0.4, -0.2) is 31.7 Å². The van der Waals surface area contributed by atoms with E-state index in [4.69, 9.17) is 11.6 Å². The fourth-order valence-electron chi connectivity index (χ4n) is 1.90. The normalized spacial score (nSPS) is 16.2. The van der Waals surface area contributed by atoms with Crippen molar-refractivity contribution in [3.8, 4) is 0 Å². The average molecular weight is 288 g/mol. The number of benzene rings is 1. The Hall–Kier alpha value is -0.580. The largest absolute Gasteiger partial charge is 0.243 e. The van der Waals surface area contributed by atoms with Gasteiger partial charge in [-0.05, 0) is 43.4 Å². The molecular weight excluding hydrogens is 270 g/mol. The van der Waals surface area contributed by atoms with Crippen molar-refractivity contribution in [2.75, 3.05) is 12.9 Å². The van der Waals surface area contributed by atoms with Gasteiger partial charge in [-0.15, -0.1) is 11.6 Å². The van der Waals surface area contributed by atoms with Gasteiger partial charge in [0.2, 0.25) is 10.0 Å². The first-order valence-electron chi connectivity index (χ1n) is 6.18. The second kappa shape index (κ2) is 5.59. The second-order valence-electron chi connectivity index (χ2n) is 4.69. The molecule has 0 radical (unpaired) electrons. The van der Waals surface area contributed by atoms with E-state index in [1.807, 2.05) is 12.1 Å². The fourth-order valence-corrected chi connectivity index (χ4v) is 3.45. The van der Waals surface area contributed by atoms with E-state index in [0.717, 1.165) is 31.2 Å². The number of rotatable bonds is 6. The molecule has 0 unspecified atom stereocenters. The molecular formula is C13H18ClNO2S. The van der Waals surface area contributed by atoms with Crippen LogP contribution in [0.2, 0.25) is 0 Å². The Balaban J connectivity index is 2.13. The molecule has 0 atom stereocenters. The first kappa shape index (κ1) is 13.8. The lowest BCUT2D eigenvalue weighted by Gasteiger charge is -2.16. The van der Waals surface area contributed by atoms with Gasteiger partial charge in [0.15, 0.2) is 0 Å². The molecule has 1 aliphatic carbocycles. The maximum Gasteiger partial charge on any atom is 0.243 e. The zero-order valence-corrected chi connectivity index (χ0v) is 12.0. The van der Waals surface area contributed by atoms with Gasteiger partial charge in [-0.3, -0.25) is 0 Å². The Morgan fingerprint density at radius 1 is 1.28 bits per heavy atom. The number of hydrogen-bond donors (Lipinski definition) is 0. The van der Waals surface area contributed by atoms with E-state index in [2.05, 4.69) is 0 Å². The highest BCUT2D eigenvalue weighted by molar-refractivity contribution is 7.89. The van der Waals surface area contributed by atoms with Gasteiger partial charge < -0.3 is 0 Å². The van der Waals surface area contributed by atoms with Crippen LogP contribution in [0.1, 0.15) is 24.8 Å². The summed E-state index contributed by atoms with van der Waals surface area (Å²) in [4.78, 5) is 0.381. The molecule has 2 rings (SSSR count). The summed E-state index contributed by atoms with van der Waals surface area (Å²) in [6.07, 6.45) is 3.75. The Kier molecular flexibility index (Phi) is 4.30. The molecule has 0 aromatic heterocycles. The van der Waals surface area contributed by atoms with Gasteiger partial charge in [0, 0.05) is 19.0 Å². The molecule has 0 aliphatic heterocycles. The van der Waals surface area contributed by atoms with Crippen LogP contribution in [0.25, 0.3) is 0 Å². The van der Waals surface area contributed by atoms with Gasteiger partial charge in [0.25, 0.3) is 0 Å². The highest BCUT2D eigenvalue weighted by Crippen LogP contribution is 2.30. The number of hydrogen-bond acceptors (Lipinski definition) is 2. The Labute approximate surface area is 114 Å². The Bertz CT molecular complexity index is 494. The topological polar surface area (TPSA) is 37.4 Å². The van der Waals surface area contributed by atoms with Crippen molar-refractivity contribution in [3.05, 3.63) is 29.8 Å². The third-order valence-corrected chi connectivity index (χ3v) is 5.45. The second-order valence-corrected chi connectivity index (χ2v) is 7.06. The molecule has 3 nitrogen and oxygen atoms in total. The predicted molar refractivity (Wildman–Crippen MR) is 73.5 cm³/mol. The molecule has 100 valence electrons. The smallest absolute Gasteiger partial charge is 0.207 e. The molecule has 18 heavy (non-hydrogen) atoms. The van der Waals surface area contributed by atoms with Crippen LogP contribution in [0, 0.1) is 0 Å². The number of nitrogens with zero attached hydrogens (tertiary/aromatic N) is 1. The van der Waals surface area contributed by atoms with E-state index < -0.39 is 10.0 Å². The van der Waals surface area contributed by atoms with Gasteiger partial charge in [-0.1, -0.05) is 12.1 Å². The summed E-state index contributed by atoms with van der Waals surface area (Å²) >= 11 is 5.64. The highest BCUT2D eigenvalue weighted by atomic mass is 35.5. The maximum absolute atomic E-state index is 12.2. The molecule has 0 bridgehead atoms. The van der Waals surface area contributed by atoms with Gasteiger partial charge in [0.05, 0.1) is 4.90 Å².